The minimum absolute atomic E-state index is 0.278. The maximum atomic E-state index is 13.2. The molecule has 4 amide bonds. The first-order valence-electron chi connectivity index (χ1n) is 9.18. The lowest BCUT2D eigenvalue weighted by molar-refractivity contribution is -0.134. The van der Waals surface area contributed by atoms with Crippen molar-refractivity contribution in [3.63, 3.8) is 0 Å². The van der Waals surface area contributed by atoms with Crippen molar-refractivity contribution in [2.75, 3.05) is 11.9 Å². The Labute approximate surface area is 162 Å². The maximum Gasteiger partial charge on any atom is 0.325 e. The zero-order chi connectivity index (χ0) is 20.3. The Balaban J connectivity index is 1.75. The number of aryl methyl sites for hydroxylation is 1. The molecule has 1 saturated heterocycles. The van der Waals surface area contributed by atoms with Crippen LogP contribution in [-0.4, -0.2) is 29.3 Å². The number of hydrogen-bond acceptors (Lipinski definition) is 3. The van der Waals surface area contributed by atoms with Crippen LogP contribution in [0.2, 0.25) is 0 Å². The average Bonchev–Trinajstić information content (AvgIpc) is 2.94. The third-order valence-electron chi connectivity index (χ3n) is 4.99. The number of urea groups is 1. The van der Waals surface area contributed by atoms with E-state index in [2.05, 4.69) is 10.6 Å². The highest BCUT2D eigenvalue weighted by Gasteiger charge is 2.51. The van der Waals surface area contributed by atoms with E-state index in [9.17, 15) is 18.8 Å². The molecule has 1 aliphatic heterocycles. The van der Waals surface area contributed by atoms with Gasteiger partial charge in [-0.15, -0.1) is 0 Å². The van der Waals surface area contributed by atoms with Gasteiger partial charge < -0.3 is 10.6 Å². The van der Waals surface area contributed by atoms with Crippen LogP contribution in [0.1, 0.15) is 31.4 Å². The molecule has 28 heavy (non-hydrogen) atoms. The van der Waals surface area contributed by atoms with Crippen molar-refractivity contribution < 1.29 is 18.8 Å². The normalized spacial score (nSPS) is 18.9. The summed E-state index contributed by atoms with van der Waals surface area (Å²) in [5, 5.41) is 5.36. The first kappa shape index (κ1) is 19.5. The van der Waals surface area contributed by atoms with Gasteiger partial charge in [-0.25, -0.2) is 9.18 Å². The lowest BCUT2D eigenvalue weighted by Crippen LogP contribution is -2.44. The number of amides is 4. The predicted molar refractivity (Wildman–Crippen MR) is 103 cm³/mol. The topological polar surface area (TPSA) is 78.5 Å². The van der Waals surface area contributed by atoms with E-state index >= 15 is 0 Å². The summed E-state index contributed by atoms with van der Waals surface area (Å²) < 4.78 is 13.2. The van der Waals surface area contributed by atoms with Crippen molar-refractivity contribution in [1.82, 2.24) is 10.2 Å². The van der Waals surface area contributed by atoms with Crippen molar-refractivity contribution in [1.29, 1.82) is 0 Å². The van der Waals surface area contributed by atoms with E-state index in [-0.39, 0.29) is 6.42 Å². The van der Waals surface area contributed by atoms with E-state index in [0.29, 0.717) is 11.3 Å². The van der Waals surface area contributed by atoms with Crippen LogP contribution in [-0.2, 0) is 21.5 Å². The zero-order valence-electron chi connectivity index (χ0n) is 15.8. The summed E-state index contributed by atoms with van der Waals surface area (Å²) in [5.41, 5.74) is 0.912. The number of anilines is 1. The number of benzene rings is 2. The van der Waals surface area contributed by atoms with E-state index < -0.39 is 35.7 Å². The summed E-state index contributed by atoms with van der Waals surface area (Å²) in [7, 11) is 0. The fraction of sp³-hybridized carbons (Fsp3) is 0.286. The van der Waals surface area contributed by atoms with Crippen molar-refractivity contribution >= 4 is 23.5 Å². The number of nitrogens with one attached hydrogen (secondary N) is 2. The molecule has 2 aromatic rings. The molecule has 1 unspecified atom stereocenters. The van der Waals surface area contributed by atoms with Gasteiger partial charge in [-0.1, -0.05) is 38.1 Å². The van der Waals surface area contributed by atoms with Gasteiger partial charge in [-0.05, 0) is 48.2 Å². The number of halogens is 1. The molecule has 1 aliphatic rings. The van der Waals surface area contributed by atoms with Crippen LogP contribution in [0.25, 0.3) is 0 Å². The van der Waals surface area contributed by atoms with Gasteiger partial charge in [-0.2, -0.15) is 0 Å². The van der Waals surface area contributed by atoms with Crippen molar-refractivity contribution in [2.24, 2.45) is 0 Å². The van der Waals surface area contributed by atoms with Crippen LogP contribution in [0.4, 0.5) is 14.9 Å². The highest BCUT2D eigenvalue weighted by molar-refractivity contribution is 6.10. The molecule has 1 heterocycles. The largest absolute Gasteiger partial charge is 0.325 e. The quantitative estimate of drug-likeness (QED) is 0.752. The molecule has 6 nitrogen and oxygen atoms in total. The summed E-state index contributed by atoms with van der Waals surface area (Å²) in [6.45, 7) is 3.38. The van der Waals surface area contributed by atoms with Crippen LogP contribution in [0, 0.1) is 5.82 Å². The van der Waals surface area contributed by atoms with Crippen molar-refractivity contribution in [3.05, 3.63) is 65.5 Å². The molecule has 0 spiro atoms. The Morgan fingerprint density at radius 2 is 1.71 bits per heavy atom. The van der Waals surface area contributed by atoms with Gasteiger partial charge in [0.1, 0.15) is 17.9 Å². The smallest absolute Gasteiger partial charge is 0.325 e. The van der Waals surface area contributed by atoms with Crippen molar-refractivity contribution in [2.45, 2.75) is 32.2 Å². The molecule has 1 fully saturated rings. The molecule has 2 aromatic carbocycles. The van der Waals surface area contributed by atoms with Crippen LogP contribution in [0.5, 0.6) is 0 Å². The van der Waals surface area contributed by atoms with Gasteiger partial charge in [0, 0.05) is 5.69 Å². The second-order valence-corrected chi connectivity index (χ2v) is 6.69. The molecule has 0 aromatic heterocycles. The summed E-state index contributed by atoms with van der Waals surface area (Å²) in [4.78, 5) is 38.7. The SMILES string of the molecule is CCc1ccc(NC(=O)CN2C(=O)NC(CC)(c3ccc(F)cc3)C2=O)cc1. The average molecular weight is 383 g/mol. The molecule has 7 heteroatoms. The maximum absolute atomic E-state index is 13.2. The van der Waals surface area contributed by atoms with Crippen LogP contribution < -0.4 is 10.6 Å². The van der Waals surface area contributed by atoms with Gasteiger partial charge in [0.15, 0.2) is 0 Å². The van der Waals surface area contributed by atoms with Crippen LogP contribution in [0.15, 0.2) is 48.5 Å². The lowest BCUT2D eigenvalue weighted by atomic mass is 9.87. The second kappa shape index (κ2) is 7.80. The summed E-state index contributed by atoms with van der Waals surface area (Å²) in [5.74, 6) is -1.43. The standard InChI is InChI=1S/C21H22FN3O3/c1-3-14-5-11-17(12-6-14)23-18(26)13-25-19(27)21(4-2,24-20(25)28)15-7-9-16(22)10-8-15/h5-12H,3-4,13H2,1-2H3,(H,23,26)(H,24,28). The van der Waals surface area contributed by atoms with E-state index in [0.717, 1.165) is 16.9 Å². The number of rotatable bonds is 6. The minimum atomic E-state index is -1.30. The fourth-order valence-corrected chi connectivity index (χ4v) is 3.31. The molecular formula is C21H22FN3O3. The van der Waals surface area contributed by atoms with E-state index in [1.807, 2.05) is 19.1 Å². The van der Waals surface area contributed by atoms with Gasteiger partial charge in [0.2, 0.25) is 5.91 Å². The van der Waals surface area contributed by atoms with Crippen molar-refractivity contribution in [3.8, 4) is 0 Å². The van der Waals surface area contributed by atoms with Gasteiger partial charge in [-0.3, -0.25) is 14.5 Å². The fourth-order valence-electron chi connectivity index (χ4n) is 3.31. The third-order valence-corrected chi connectivity index (χ3v) is 4.99. The van der Waals surface area contributed by atoms with Gasteiger partial charge in [0.05, 0.1) is 0 Å². The highest BCUT2D eigenvalue weighted by Crippen LogP contribution is 2.32. The predicted octanol–water partition coefficient (Wildman–Crippen LogP) is 3.18. The first-order valence-corrected chi connectivity index (χ1v) is 9.18. The summed E-state index contributed by atoms with van der Waals surface area (Å²) in [6.07, 6.45) is 1.17. The zero-order valence-corrected chi connectivity index (χ0v) is 15.8. The summed E-state index contributed by atoms with van der Waals surface area (Å²) in [6, 6.07) is 12.1. The van der Waals surface area contributed by atoms with Crippen LogP contribution >= 0.6 is 0 Å². The number of hydrogen-bond donors (Lipinski definition) is 2. The van der Waals surface area contributed by atoms with Gasteiger partial charge in [0.25, 0.3) is 5.91 Å². The Morgan fingerprint density at radius 1 is 1.07 bits per heavy atom. The Hall–Kier alpha value is -3.22. The molecular weight excluding hydrogens is 361 g/mol. The number of nitrogens with zero attached hydrogens (tertiary/aromatic N) is 1. The molecule has 0 aliphatic carbocycles. The molecule has 3 rings (SSSR count). The summed E-state index contributed by atoms with van der Waals surface area (Å²) >= 11 is 0. The number of carbonyl (C=O) groups is 3. The number of imide groups is 1. The minimum Gasteiger partial charge on any atom is -0.325 e. The molecule has 1 atom stereocenters. The van der Waals surface area contributed by atoms with Gasteiger partial charge >= 0.3 is 6.03 Å². The third kappa shape index (κ3) is 3.60. The van der Waals surface area contributed by atoms with Crippen LogP contribution in [0.3, 0.4) is 0 Å². The van der Waals surface area contributed by atoms with E-state index in [1.165, 1.54) is 24.3 Å². The lowest BCUT2D eigenvalue weighted by Gasteiger charge is -2.25. The number of carbonyl (C=O) groups excluding carboxylic acids is 3. The molecule has 0 bridgehead atoms. The first-order chi connectivity index (χ1) is 13.4. The molecule has 2 N–H and O–H groups in total. The Kier molecular flexibility index (Phi) is 5.44. The van der Waals surface area contributed by atoms with E-state index in [4.69, 9.17) is 0 Å². The Morgan fingerprint density at radius 3 is 2.29 bits per heavy atom. The highest BCUT2D eigenvalue weighted by atomic mass is 19.1. The monoisotopic (exact) mass is 383 g/mol. The molecule has 146 valence electrons. The second-order valence-electron chi connectivity index (χ2n) is 6.69. The molecule has 0 saturated carbocycles. The van der Waals surface area contributed by atoms with E-state index in [1.54, 1.807) is 19.1 Å². The Bertz CT molecular complexity index is 896. The molecule has 0 radical (unpaired) electrons.